The number of Topliss-reactive ketones (excluding diaryl/α,β-unsaturated/α-hetero) is 1. The highest BCUT2D eigenvalue weighted by molar-refractivity contribution is 5.96. The number of amides is 1. The first-order valence-corrected chi connectivity index (χ1v) is 8.55. The Hall–Kier alpha value is -3.22. The Bertz CT molecular complexity index is 936. The number of benzene rings is 2. The fourth-order valence-electron chi connectivity index (χ4n) is 3.20. The Balaban J connectivity index is 1.93. The van der Waals surface area contributed by atoms with Gasteiger partial charge in [0.1, 0.15) is 11.4 Å². The van der Waals surface area contributed by atoms with Crippen LogP contribution in [0.4, 0.5) is 5.69 Å². The molecule has 1 atom stereocenters. The number of fused-ring (bicyclic) bond motifs is 1. The third kappa shape index (κ3) is 3.97. The van der Waals surface area contributed by atoms with Crippen molar-refractivity contribution < 1.29 is 19.2 Å². The molecule has 1 unspecified atom stereocenters. The molecule has 1 aliphatic heterocycles. The predicted molar refractivity (Wildman–Crippen MR) is 99.1 cm³/mol. The van der Waals surface area contributed by atoms with Gasteiger partial charge in [-0.25, -0.2) is 0 Å². The number of nitrogens with one attached hydrogen (secondary N) is 1. The fourth-order valence-corrected chi connectivity index (χ4v) is 3.20. The Morgan fingerprint density at radius 2 is 1.93 bits per heavy atom. The third-order valence-corrected chi connectivity index (χ3v) is 4.50. The van der Waals surface area contributed by atoms with E-state index in [0.717, 1.165) is 5.56 Å². The average Bonchev–Trinajstić information content (AvgIpc) is 2.60. The van der Waals surface area contributed by atoms with Gasteiger partial charge in [-0.3, -0.25) is 19.7 Å². The van der Waals surface area contributed by atoms with E-state index in [9.17, 15) is 19.7 Å². The third-order valence-electron chi connectivity index (χ3n) is 4.50. The van der Waals surface area contributed by atoms with E-state index < -0.39 is 16.4 Å². The van der Waals surface area contributed by atoms with Gasteiger partial charge in [-0.15, -0.1) is 0 Å². The first kappa shape index (κ1) is 18.6. The average molecular weight is 368 g/mol. The minimum Gasteiger partial charge on any atom is -0.487 e. The summed E-state index contributed by atoms with van der Waals surface area (Å²) >= 11 is 0. The number of non-ortho nitro benzene ring substituents is 1. The van der Waals surface area contributed by atoms with Crippen molar-refractivity contribution in [2.75, 3.05) is 0 Å². The number of hydrogen-bond acceptors (Lipinski definition) is 5. The molecular formula is C20H20N2O5. The molecule has 1 amide bonds. The Morgan fingerprint density at radius 1 is 1.19 bits per heavy atom. The molecule has 0 spiro atoms. The second-order valence-electron chi connectivity index (χ2n) is 7.21. The van der Waals surface area contributed by atoms with Crippen molar-refractivity contribution in [2.45, 2.75) is 38.8 Å². The van der Waals surface area contributed by atoms with Crippen molar-refractivity contribution in [3.05, 3.63) is 69.3 Å². The van der Waals surface area contributed by atoms with Gasteiger partial charge in [0.2, 0.25) is 0 Å². The first-order valence-electron chi connectivity index (χ1n) is 8.55. The molecule has 1 N–H and O–H groups in total. The number of nitrogens with zero attached hydrogens (tertiary/aromatic N) is 1. The van der Waals surface area contributed by atoms with Gasteiger partial charge in [0.05, 0.1) is 11.0 Å². The van der Waals surface area contributed by atoms with Crippen LogP contribution in [0.2, 0.25) is 0 Å². The minimum atomic E-state index is -0.539. The molecule has 0 saturated heterocycles. The van der Waals surface area contributed by atoms with E-state index in [1.165, 1.54) is 31.2 Å². The molecule has 3 rings (SSSR count). The summed E-state index contributed by atoms with van der Waals surface area (Å²) in [6.45, 7) is 5.31. The number of carbonyl (C=O) groups excluding carboxylic acids is 2. The maximum absolute atomic E-state index is 12.7. The molecule has 2 aromatic rings. The molecule has 27 heavy (non-hydrogen) atoms. The molecule has 7 nitrogen and oxygen atoms in total. The van der Waals surface area contributed by atoms with Crippen LogP contribution in [0, 0.1) is 10.1 Å². The van der Waals surface area contributed by atoms with Crippen molar-refractivity contribution in [3.8, 4) is 5.75 Å². The normalized spacial score (nSPS) is 17.4. The topological polar surface area (TPSA) is 98.5 Å². The van der Waals surface area contributed by atoms with Gasteiger partial charge < -0.3 is 10.1 Å². The molecule has 0 aliphatic carbocycles. The van der Waals surface area contributed by atoms with E-state index >= 15 is 0 Å². The molecule has 0 fully saturated rings. The number of nitro groups is 1. The van der Waals surface area contributed by atoms with Crippen LogP contribution < -0.4 is 10.1 Å². The lowest BCUT2D eigenvalue weighted by Gasteiger charge is -2.38. The lowest BCUT2D eigenvalue weighted by molar-refractivity contribution is -0.384. The summed E-state index contributed by atoms with van der Waals surface area (Å²) in [4.78, 5) is 34.8. The quantitative estimate of drug-likeness (QED) is 0.502. The van der Waals surface area contributed by atoms with E-state index in [2.05, 4.69) is 5.32 Å². The summed E-state index contributed by atoms with van der Waals surface area (Å²) in [6, 6.07) is 10.4. The number of ketones is 1. The number of ether oxygens (including phenoxy) is 1. The molecule has 1 aliphatic rings. The Morgan fingerprint density at radius 3 is 2.59 bits per heavy atom. The highest BCUT2D eigenvalue weighted by atomic mass is 16.6. The molecule has 0 saturated carbocycles. The van der Waals surface area contributed by atoms with Crippen LogP contribution in [0.1, 0.15) is 59.5 Å². The standard InChI is InChI=1S/C20H20N2O5/c1-12(23)13-7-8-18-16(10-13)17(11-20(2,3)27-18)21-19(24)14-5-4-6-15(9-14)22(25)26/h4-10,17H,11H2,1-3H3,(H,21,24). The van der Waals surface area contributed by atoms with Crippen LogP contribution in [0.3, 0.4) is 0 Å². The van der Waals surface area contributed by atoms with Crippen molar-refractivity contribution in [3.63, 3.8) is 0 Å². The number of carbonyl (C=O) groups is 2. The van der Waals surface area contributed by atoms with Crippen molar-refractivity contribution in [1.82, 2.24) is 5.32 Å². The van der Waals surface area contributed by atoms with Crippen LogP contribution in [-0.2, 0) is 0 Å². The maximum Gasteiger partial charge on any atom is 0.270 e. The minimum absolute atomic E-state index is 0.0774. The van der Waals surface area contributed by atoms with Gasteiger partial charge in [0.25, 0.3) is 11.6 Å². The van der Waals surface area contributed by atoms with Gasteiger partial charge in [-0.05, 0) is 45.0 Å². The monoisotopic (exact) mass is 368 g/mol. The van der Waals surface area contributed by atoms with Crippen molar-refractivity contribution >= 4 is 17.4 Å². The summed E-state index contributed by atoms with van der Waals surface area (Å²) in [6.07, 6.45) is 0.502. The molecule has 1 heterocycles. The summed E-state index contributed by atoms with van der Waals surface area (Å²) in [5.74, 6) is 0.118. The van der Waals surface area contributed by atoms with Crippen LogP contribution in [-0.4, -0.2) is 22.2 Å². The summed E-state index contributed by atoms with van der Waals surface area (Å²) in [5.41, 5.74) is 0.810. The van der Waals surface area contributed by atoms with E-state index in [1.807, 2.05) is 13.8 Å². The van der Waals surface area contributed by atoms with E-state index in [0.29, 0.717) is 17.7 Å². The second kappa shape index (κ2) is 6.83. The van der Waals surface area contributed by atoms with Gasteiger partial charge in [-0.2, -0.15) is 0 Å². The van der Waals surface area contributed by atoms with Crippen molar-refractivity contribution in [1.29, 1.82) is 0 Å². The number of rotatable bonds is 4. The van der Waals surface area contributed by atoms with Crippen LogP contribution in [0.15, 0.2) is 42.5 Å². The SMILES string of the molecule is CC(=O)c1ccc2c(c1)C(NC(=O)c1cccc([N+](=O)[O-])c1)CC(C)(C)O2. The zero-order chi connectivity index (χ0) is 19.8. The van der Waals surface area contributed by atoms with E-state index in [1.54, 1.807) is 18.2 Å². The van der Waals surface area contributed by atoms with E-state index in [-0.39, 0.29) is 23.1 Å². The second-order valence-corrected chi connectivity index (χ2v) is 7.21. The molecule has 2 aromatic carbocycles. The van der Waals surface area contributed by atoms with Gasteiger partial charge >= 0.3 is 0 Å². The zero-order valence-electron chi connectivity index (χ0n) is 15.3. The fraction of sp³-hybridized carbons (Fsp3) is 0.300. The van der Waals surface area contributed by atoms with Crippen LogP contribution >= 0.6 is 0 Å². The zero-order valence-corrected chi connectivity index (χ0v) is 15.3. The molecular weight excluding hydrogens is 348 g/mol. The van der Waals surface area contributed by atoms with Gasteiger partial charge in [0, 0.05) is 35.2 Å². The number of nitro benzene ring substituents is 1. The lowest BCUT2D eigenvalue weighted by Crippen LogP contribution is -2.41. The molecule has 0 aromatic heterocycles. The molecule has 0 radical (unpaired) electrons. The molecule has 0 bridgehead atoms. The smallest absolute Gasteiger partial charge is 0.270 e. The van der Waals surface area contributed by atoms with Gasteiger partial charge in [0.15, 0.2) is 5.78 Å². The number of hydrogen-bond donors (Lipinski definition) is 1. The predicted octanol–water partition coefficient (Wildman–Crippen LogP) is 3.83. The highest BCUT2D eigenvalue weighted by Crippen LogP contribution is 2.40. The summed E-state index contributed by atoms with van der Waals surface area (Å²) < 4.78 is 5.97. The summed E-state index contributed by atoms with van der Waals surface area (Å²) in [7, 11) is 0. The highest BCUT2D eigenvalue weighted by Gasteiger charge is 2.35. The van der Waals surface area contributed by atoms with Crippen LogP contribution in [0.25, 0.3) is 0 Å². The largest absolute Gasteiger partial charge is 0.487 e. The Kier molecular flexibility index (Phi) is 4.70. The molecule has 7 heteroatoms. The van der Waals surface area contributed by atoms with Crippen molar-refractivity contribution in [2.24, 2.45) is 0 Å². The van der Waals surface area contributed by atoms with Crippen LogP contribution in [0.5, 0.6) is 5.75 Å². The maximum atomic E-state index is 12.7. The molecule has 140 valence electrons. The lowest BCUT2D eigenvalue weighted by atomic mass is 9.88. The first-order chi connectivity index (χ1) is 12.7. The van der Waals surface area contributed by atoms with E-state index in [4.69, 9.17) is 4.74 Å². The van der Waals surface area contributed by atoms with Gasteiger partial charge in [-0.1, -0.05) is 6.07 Å². The summed E-state index contributed by atoms with van der Waals surface area (Å²) in [5, 5.41) is 13.9. The Labute approximate surface area is 156 Å².